The molecule has 0 atom stereocenters. The molecule has 0 unspecified atom stereocenters. The Bertz CT molecular complexity index is 801. The summed E-state index contributed by atoms with van der Waals surface area (Å²) in [6.45, 7) is 0. The van der Waals surface area contributed by atoms with Crippen LogP contribution in [0, 0.1) is 0 Å². The van der Waals surface area contributed by atoms with Gasteiger partial charge in [-0.2, -0.15) is 18.4 Å². The Hall–Kier alpha value is -2.74. The third kappa shape index (κ3) is 4.13. The zero-order valence-corrected chi connectivity index (χ0v) is 13.4. The third-order valence-electron chi connectivity index (χ3n) is 2.94. The van der Waals surface area contributed by atoms with Gasteiger partial charge in [-0.25, -0.2) is 0 Å². The number of hydrogen-bond donors (Lipinski definition) is 2. The summed E-state index contributed by atoms with van der Waals surface area (Å²) >= 11 is 0. The van der Waals surface area contributed by atoms with Crippen LogP contribution in [0.25, 0.3) is 0 Å². The van der Waals surface area contributed by atoms with E-state index in [1.807, 2.05) is 0 Å². The van der Waals surface area contributed by atoms with Crippen molar-refractivity contribution in [3.05, 3.63) is 48.0 Å². The molecule has 0 saturated heterocycles. The molecule has 0 saturated carbocycles. The van der Waals surface area contributed by atoms with E-state index in [-0.39, 0.29) is 16.4 Å². The van der Waals surface area contributed by atoms with Crippen molar-refractivity contribution >= 4 is 16.2 Å². The van der Waals surface area contributed by atoms with Gasteiger partial charge in [0.25, 0.3) is 10.0 Å². The summed E-state index contributed by atoms with van der Waals surface area (Å²) in [5.41, 5.74) is 0.628. The van der Waals surface area contributed by atoms with Gasteiger partial charge in [0.15, 0.2) is 0 Å². The zero-order chi connectivity index (χ0) is 16.9. The summed E-state index contributed by atoms with van der Waals surface area (Å²) in [5, 5.41) is 12.9. The SMILES string of the molecule is COc1ccc(OC)c(S(=O)(=O)N/N=C/c2ccc(O)cc2)c1. The third-order valence-corrected chi connectivity index (χ3v) is 4.18. The topological polar surface area (TPSA) is 97.2 Å². The molecule has 0 aliphatic rings. The van der Waals surface area contributed by atoms with E-state index in [4.69, 9.17) is 9.47 Å². The highest BCUT2D eigenvalue weighted by Crippen LogP contribution is 2.27. The molecule has 0 spiro atoms. The van der Waals surface area contributed by atoms with Gasteiger partial charge >= 0.3 is 0 Å². The average molecular weight is 336 g/mol. The smallest absolute Gasteiger partial charge is 0.280 e. The highest BCUT2D eigenvalue weighted by Gasteiger charge is 2.19. The molecule has 2 rings (SSSR count). The van der Waals surface area contributed by atoms with E-state index in [9.17, 15) is 13.5 Å². The monoisotopic (exact) mass is 336 g/mol. The Morgan fingerprint density at radius 1 is 1.09 bits per heavy atom. The van der Waals surface area contributed by atoms with Gasteiger partial charge in [-0.05, 0) is 42.0 Å². The predicted molar refractivity (Wildman–Crippen MR) is 85.6 cm³/mol. The minimum atomic E-state index is -3.92. The van der Waals surface area contributed by atoms with E-state index in [0.717, 1.165) is 0 Å². The number of methoxy groups -OCH3 is 2. The summed E-state index contributed by atoms with van der Waals surface area (Å²) in [5.74, 6) is 0.677. The van der Waals surface area contributed by atoms with Crippen molar-refractivity contribution in [2.24, 2.45) is 5.10 Å². The van der Waals surface area contributed by atoms with Crippen molar-refractivity contribution in [3.8, 4) is 17.2 Å². The summed E-state index contributed by atoms with van der Waals surface area (Å²) in [6.07, 6.45) is 1.32. The lowest BCUT2D eigenvalue weighted by molar-refractivity contribution is 0.392. The Balaban J connectivity index is 2.23. The first-order valence-electron chi connectivity index (χ1n) is 6.52. The van der Waals surface area contributed by atoms with Crippen molar-refractivity contribution in [1.82, 2.24) is 4.83 Å². The molecule has 0 bridgehead atoms. The number of aromatic hydroxyl groups is 1. The van der Waals surface area contributed by atoms with Crippen molar-refractivity contribution in [3.63, 3.8) is 0 Å². The second kappa shape index (κ2) is 7.01. The molecule has 0 aliphatic heterocycles. The van der Waals surface area contributed by atoms with Gasteiger partial charge in [0.1, 0.15) is 22.1 Å². The van der Waals surface area contributed by atoms with Crippen LogP contribution >= 0.6 is 0 Å². The molecular formula is C15H16N2O5S. The molecule has 8 heteroatoms. The maximum atomic E-state index is 12.3. The van der Waals surface area contributed by atoms with Crippen molar-refractivity contribution in [2.75, 3.05) is 14.2 Å². The number of nitrogens with one attached hydrogen (secondary N) is 1. The molecular weight excluding hydrogens is 320 g/mol. The van der Waals surface area contributed by atoms with Gasteiger partial charge in [-0.15, -0.1) is 0 Å². The fraction of sp³-hybridized carbons (Fsp3) is 0.133. The molecule has 0 fully saturated rings. The van der Waals surface area contributed by atoms with Gasteiger partial charge in [0.2, 0.25) is 0 Å². The van der Waals surface area contributed by atoms with Crippen LogP contribution in [0.4, 0.5) is 0 Å². The number of hydrogen-bond acceptors (Lipinski definition) is 6. The summed E-state index contributed by atoms with van der Waals surface area (Å²) < 4.78 is 34.7. The second-order valence-corrected chi connectivity index (χ2v) is 6.09. The summed E-state index contributed by atoms with van der Waals surface area (Å²) in [6, 6.07) is 10.6. The minimum absolute atomic E-state index is 0.0813. The predicted octanol–water partition coefficient (Wildman–Crippen LogP) is 1.72. The lowest BCUT2D eigenvalue weighted by Crippen LogP contribution is -2.19. The minimum Gasteiger partial charge on any atom is -0.508 e. The molecule has 122 valence electrons. The number of phenols is 1. The molecule has 2 aromatic rings. The highest BCUT2D eigenvalue weighted by atomic mass is 32.2. The van der Waals surface area contributed by atoms with Crippen LogP contribution in [0.3, 0.4) is 0 Å². The van der Waals surface area contributed by atoms with E-state index in [2.05, 4.69) is 9.93 Å². The molecule has 0 heterocycles. The van der Waals surface area contributed by atoms with Crippen LogP contribution in [-0.4, -0.2) is 34.0 Å². The number of ether oxygens (including phenoxy) is 2. The second-order valence-electron chi connectivity index (χ2n) is 4.46. The molecule has 0 aromatic heterocycles. The lowest BCUT2D eigenvalue weighted by atomic mass is 10.2. The normalized spacial score (nSPS) is 11.4. The van der Waals surface area contributed by atoms with E-state index in [0.29, 0.717) is 11.3 Å². The molecule has 2 N–H and O–H groups in total. The van der Waals surface area contributed by atoms with E-state index >= 15 is 0 Å². The van der Waals surface area contributed by atoms with Gasteiger partial charge in [0.05, 0.1) is 20.4 Å². The van der Waals surface area contributed by atoms with Gasteiger partial charge < -0.3 is 14.6 Å². The first-order chi connectivity index (χ1) is 11.0. The van der Waals surface area contributed by atoms with E-state index < -0.39 is 10.0 Å². The van der Waals surface area contributed by atoms with Gasteiger partial charge in [-0.1, -0.05) is 0 Å². The van der Waals surface area contributed by atoms with Crippen LogP contribution in [-0.2, 0) is 10.0 Å². The first-order valence-corrected chi connectivity index (χ1v) is 8.00. The van der Waals surface area contributed by atoms with Gasteiger partial charge in [-0.3, -0.25) is 0 Å². The maximum Gasteiger partial charge on any atom is 0.280 e. The Morgan fingerprint density at radius 3 is 2.39 bits per heavy atom. The number of phenolic OH excluding ortho intramolecular Hbond substituents is 1. The highest BCUT2D eigenvalue weighted by molar-refractivity contribution is 7.89. The standard InChI is InChI=1S/C15H16N2O5S/c1-21-13-7-8-14(22-2)15(9-13)23(19,20)17-16-10-11-3-5-12(18)6-4-11/h3-10,17-18H,1-2H3/b16-10+. The van der Waals surface area contributed by atoms with Crippen LogP contribution in [0.5, 0.6) is 17.2 Å². The Kier molecular flexibility index (Phi) is 5.07. The molecule has 23 heavy (non-hydrogen) atoms. The quantitative estimate of drug-likeness (QED) is 0.618. The molecule has 0 amide bonds. The number of nitrogens with zero attached hydrogens (tertiary/aromatic N) is 1. The van der Waals surface area contributed by atoms with Crippen molar-refractivity contribution in [1.29, 1.82) is 0 Å². The summed E-state index contributed by atoms with van der Waals surface area (Å²) in [4.78, 5) is 2.03. The first kappa shape index (κ1) is 16.6. The Labute approximate surface area is 134 Å². The molecule has 2 aromatic carbocycles. The van der Waals surface area contributed by atoms with E-state index in [1.54, 1.807) is 18.2 Å². The summed E-state index contributed by atoms with van der Waals surface area (Å²) in [7, 11) is -1.10. The lowest BCUT2D eigenvalue weighted by Gasteiger charge is -2.10. The fourth-order valence-corrected chi connectivity index (χ4v) is 2.75. The number of hydrazone groups is 1. The number of sulfonamides is 1. The van der Waals surface area contributed by atoms with Crippen LogP contribution in [0.15, 0.2) is 52.5 Å². The number of rotatable bonds is 6. The van der Waals surface area contributed by atoms with Crippen molar-refractivity contribution in [2.45, 2.75) is 4.90 Å². The van der Waals surface area contributed by atoms with E-state index in [1.165, 1.54) is 44.7 Å². The van der Waals surface area contributed by atoms with Crippen LogP contribution in [0.2, 0.25) is 0 Å². The molecule has 0 radical (unpaired) electrons. The molecule has 0 aliphatic carbocycles. The number of benzene rings is 2. The fourth-order valence-electron chi connectivity index (χ4n) is 1.77. The van der Waals surface area contributed by atoms with Crippen LogP contribution < -0.4 is 14.3 Å². The van der Waals surface area contributed by atoms with Crippen LogP contribution in [0.1, 0.15) is 5.56 Å². The average Bonchev–Trinajstić information content (AvgIpc) is 2.56. The van der Waals surface area contributed by atoms with Crippen molar-refractivity contribution < 1.29 is 23.0 Å². The maximum absolute atomic E-state index is 12.3. The largest absolute Gasteiger partial charge is 0.508 e. The molecule has 7 nitrogen and oxygen atoms in total. The van der Waals surface area contributed by atoms with Gasteiger partial charge in [0, 0.05) is 6.07 Å². The Morgan fingerprint density at radius 2 is 1.78 bits per heavy atom. The zero-order valence-electron chi connectivity index (χ0n) is 12.6.